The van der Waals surface area contributed by atoms with Crippen molar-refractivity contribution >= 4 is 17.7 Å². The number of benzene rings is 1. The zero-order valence-electron chi connectivity index (χ0n) is 12.6. The molecule has 1 aromatic rings. The van der Waals surface area contributed by atoms with Crippen molar-refractivity contribution in [3.05, 3.63) is 29.8 Å². The summed E-state index contributed by atoms with van der Waals surface area (Å²) in [5, 5.41) is 14.2. The van der Waals surface area contributed by atoms with Crippen molar-refractivity contribution in [3.8, 4) is 0 Å². The van der Waals surface area contributed by atoms with Crippen molar-refractivity contribution in [2.24, 2.45) is 0 Å². The van der Waals surface area contributed by atoms with Crippen LogP contribution in [0.5, 0.6) is 0 Å². The largest absolute Gasteiger partial charge is 0.481 e. The molecular weight excluding hydrogens is 272 g/mol. The number of amides is 2. The molecule has 0 aliphatic heterocycles. The number of hydrogen-bond acceptors (Lipinski definition) is 3. The Bertz CT molecular complexity index is 500. The Kier molecular flexibility index (Phi) is 6.17. The summed E-state index contributed by atoms with van der Waals surface area (Å²) < 4.78 is 5.03. The minimum atomic E-state index is -0.840. The number of hydrogen-bond donors (Lipinski definition) is 3. The molecule has 0 bridgehead atoms. The van der Waals surface area contributed by atoms with Crippen LogP contribution in [0.15, 0.2) is 24.3 Å². The summed E-state index contributed by atoms with van der Waals surface area (Å²) in [7, 11) is 1.58. The second-order valence-electron chi connectivity index (χ2n) is 5.49. The summed E-state index contributed by atoms with van der Waals surface area (Å²) in [6.45, 7) is 4.12. The van der Waals surface area contributed by atoms with Gasteiger partial charge in [0.1, 0.15) is 0 Å². The van der Waals surface area contributed by atoms with Gasteiger partial charge in [0.05, 0.1) is 12.1 Å². The minimum absolute atomic E-state index is 0.0660. The molecule has 2 amide bonds. The van der Waals surface area contributed by atoms with E-state index in [0.717, 1.165) is 5.56 Å². The standard InChI is InChI=1S/C15H22N2O4/c1-15(2,10-21-3)17-14(20)16-12-6-4-5-11(9-12)7-8-13(18)19/h4-6,9H,7-8,10H2,1-3H3,(H,18,19)(H2,16,17,20). The van der Waals surface area contributed by atoms with Crippen LogP contribution in [0.3, 0.4) is 0 Å². The SMILES string of the molecule is COCC(C)(C)NC(=O)Nc1cccc(CCC(=O)O)c1. The van der Waals surface area contributed by atoms with Crippen LogP contribution < -0.4 is 10.6 Å². The van der Waals surface area contributed by atoms with Crippen LogP contribution in [0.4, 0.5) is 10.5 Å². The Balaban J connectivity index is 2.60. The predicted molar refractivity (Wildman–Crippen MR) is 80.5 cm³/mol. The van der Waals surface area contributed by atoms with Gasteiger partial charge in [0.15, 0.2) is 0 Å². The molecular formula is C15H22N2O4. The van der Waals surface area contributed by atoms with Gasteiger partial charge in [0.2, 0.25) is 0 Å². The Morgan fingerprint density at radius 3 is 2.67 bits per heavy atom. The normalized spacial score (nSPS) is 11.0. The van der Waals surface area contributed by atoms with E-state index < -0.39 is 11.5 Å². The Labute approximate surface area is 124 Å². The van der Waals surface area contributed by atoms with Gasteiger partial charge in [-0.3, -0.25) is 4.79 Å². The third-order valence-corrected chi connectivity index (χ3v) is 2.77. The summed E-state index contributed by atoms with van der Waals surface area (Å²) in [5.74, 6) is -0.840. The van der Waals surface area contributed by atoms with Crippen molar-refractivity contribution in [2.75, 3.05) is 19.0 Å². The van der Waals surface area contributed by atoms with E-state index in [1.54, 1.807) is 25.3 Å². The van der Waals surface area contributed by atoms with Gasteiger partial charge < -0.3 is 20.5 Å². The first kappa shape index (κ1) is 17.0. The number of aliphatic carboxylic acids is 1. The smallest absolute Gasteiger partial charge is 0.319 e. The second-order valence-corrected chi connectivity index (χ2v) is 5.49. The van der Waals surface area contributed by atoms with Gasteiger partial charge in [0, 0.05) is 19.2 Å². The van der Waals surface area contributed by atoms with Crippen LogP contribution in [0.1, 0.15) is 25.8 Å². The number of aryl methyl sites for hydroxylation is 1. The van der Waals surface area contributed by atoms with Crippen LogP contribution >= 0.6 is 0 Å². The lowest BCUT2D eigenvalue weighted by atomic mass is 10.1. The maximum atomic E-state index is 11.9. The maximum Gasteiger partial charge on any atom is 0.319 e. The topological polar surface area (TPSA) is 87.7 Å². The fraction of sp³-hybridized carbons (Fsp3) is 0.467. The number of rotatable bonds is 7. The molecule has 6 nitrogen and oxygen atoms in total. The molecule has 1 aromatic carbocycles. The van der Waals surface area contributed by atoms with Gasteiger partial charge in [-0.1, -0.05) is 12.1 Å². The highest BCUT2D eigenvalue weighted by Crippen LogP contribution is 2.13. The Hall–Kier alpha value is -2.08. The van der Waals surface area contributed by atoms with Gasteiger partial charge in [0.25, 0.3) is 0 Å². The molecule has 0 spiro atoms. The quantitative estimate of drug-likeness (QED) is 0.719. The summed E-state index contributed by atoms with van der Waals surface area (Å²) in [6, 6.07) is 6.82. The number of nitrogens with one attached hydrogen (secondary N) is 2. The van der Waals surface area contributed by atoms with Crippen LogP contribution in [0.2, 0.25) is 0 Å². The van der Waals surface area contributed by atoms with E-state index in [1.807, 2.05) is 19.9 Å². The average molecular weight is 294 g/mol. The predicted octanol–water partition coefficient (Wildman–Crippen LogP) is 2.25. The monoisotopic (exact) mass is 294 g/mol. The zero-order chi connectivity index (χ0) is 15.9. The molecule has 0 atom stereocenters. The molecule has 0 heterocycles. The molecule has 116 valence electrons. The van der Waals surface area contributed by atoms with Crippen LogP contribution in [0.25, 0.3) is 0 Å². The molecule has 0 saturated carbocycles. The first-order valence-corrected chi connectivity index (χ1v) is 6.71. The van der Waals surface area contributed by atoms with Gasteiger partial charge in [-0.05, 0) is 38.0 Å². The van der Waals surface area contributed by atoms with E-state index >= 15 is 0 Å². The number of anilines is 1. The number of carbonyl (C=O) groups excluding carboxylic acids is 1. The number of carbonyl (C=O) groups is 2. The second kappa shape index (κ2) is 7.64. The fourth-order valence-electron chi connectivity index (χ4n) is 1.92. The molecule has 3 N–H and O–H groups in total. The molecule has 0 aromatic heterocycles. The van der Waals surface area contributed by atoms with Gasteiger partial charge in [-0.2, -0.15) is 0 Å². The van der Waals surface area contributed by atoms with E-state index in [2.05, 4.69) is 10.6 Å². The highest BCUT2D eigenvalue weighted by atomic mass is 16.5. The van der Waals surface area contributed by atoms with E-state index in [4.69, 9.17) is 9.84 Å². The molecule has 0 unspecified atom stereocenters. The van der Waals surface area contributed by atoms with Crippen LogP contribution in [0, 0.1) is 0 Å². The van der Waals surface area contributed by atoms with E-state index in [1.165, 1.54) is 0 Å². The fourth-order valence-corrected chi connectivity index (χ4v) is 1.92. The third kappa shape index (κ3) is 6.76. The Morgan fingerprint density at radius 2 is 2.05 bits per heavy atom. The van der Waals surface area contributed by atoms with Crippen molar-refractivity contribution in [3.63, 3.8) is 0 Å². The minimum Gasteiger partial charge on any atom is -0.481 e. The summed E-state index contributed by atoms with van der Waals surface area (Å²) >= 11 is 0. The zero-order valence-corrected chi connectivity index (χ0v) is 12.6. The van der Waals surface area contributed by atoms with Crippen molar-refractivity contribution in [1.82, 2.24) is 5.32 Å². The molecule has 1 rings (SSSR count). The lowest BCUT2D eigenvalue weighted by Gasteiger charge is -2.25. The highest BCUT2D eigenvalue weighted by Gasteiger charge is 2.20. The molecule has 0 aliphatic carbocycles. The number of carboxylic acid groups (broad SMARTS) is 1. The van der Waals surface area contributed by atoms with E-state index in [-0.39, 0.29) is 12.5 Å². The summed E-state index contributed by atoms with van der Waals surface area (Å²) in [5.41, 5.74) is 1.02. The number of ether oxygens (including phenoxy) is 1. The van der Waals surface area contributed by atoms with Crippen molar-refractivity contribution in [1.29, 1.82) is 0 Å². The molecule has 0 fully saturated rings. The third-order valence-electron chi connectivity index (χ3n) is 2.77. The van der Waals surface area contributed by atoms with E-state index in [9.17, 15) is 9.59 Å². The highest BCUT2D eigenvalue weighted by molar-refractivity contribution is 5.89. The molecule has 0 aliphatic rings. The maximum absolute atomic E-state index is 11.9. The van der Waals surface area contributed by atoms with Gasteiger partial charge in [-0.25, -0.2) is 4.79 Å². The number of urea groups is 1. The first-order chi connectivity index (χ1) is 9.82. The summed E-state index contributed by atoms with van der Waals surface area (Å²) in [4.78, 5) is 22.5. The molecule has 0 saturated heterocycles. The number of methoxy groups -OCH3 is 1. The first-order valence-electron chi connectivity index (χ1n) is 6.71. The number of carboxylic acids is 1. The lowest BCUT2D eigenvalue weighted by Crippen LogP contribution is -2.48. The summed E-state index contributed by atoms with van der Waals surface area (Å²) in [6.07, 6.45) is 0.498. The molecule has 21 heavy (non-hydrogen) atoms. The van der Waals surface area contributed by atoms with Crippen molar-refractivity contribution in [2.45, 2.75) is 32.2 Å². The Morgan fingerprint density at radius 1 is 1.33 bits per heavy atom. The molecule has 0 radical (unpaired) electrons. The van der Waals surface area contributed by atoms with Crippen LogP contribution in [-0.2, 0) is 16.0 Å². The van der Waals surface area contributed by atoms with Crippen LogP contribution in [-0.4, -0.2) is 36.4 Å². The molecule has 6 heteroatoms. The van der Waals surface area contributed by atoms with Crippen molar-refractivity contribution < 1.29 is 19.4 Å². The van der Waals surface area contributed by atoms with E-state index in [0.29, 0.717) is 18.7 Å². The van der Waals surface area contributed by atoms with Gasteiger partial charge in [-0.15, -0.1) is 0 Å². The average Bonchev–Trinajstić information content (AvgIpc) is 2.35. The van der Waals surface area contributed by atoms with Gasteiger partial charge >= 0.3 is 12.0 Å². The lowest BCUT2D eigenvalue weighted by molar-refractivity contribution is -0.136.